The Hall–Kier alpha value is -1.09. The van der Waals surface area contributed by atoms with E-state index in [-0.39, 0.29) is 16.8 Å². The maximum Gasteiger partial charge on any atom is 0.302 e. The van der Waals surface area contributed by atoms with Crippen molar-refractivity contribution in [3.63, 3.8) is 0 Å². The van der Waals surface area contributed by atoms with E-state index in [0.29, 0.717) is 25.0 Å². The van der Waals surface area contributed by atoms with Gasteiger partial charge in [0.15, 0.2) is 0 Å². The van der Waals surface area contributed by atoms with Gasteiger partial charge in [-0.1, -0.05) is 52.0 Å². The Morgan fingerprint density at radius 3 is 1.81 bits per heavy atom. The second kappa shape index (κ2) is 6.35. The Bertz CT molecular complexity index is 432. The van der Waals surface area contributed by atoms with Gasteiger partial charge in [-0.25, -0.2) is 0 Å². The summed E-state index contributed by atoms with van der Waals surface area (Å²) in [5.74, 6) is 0.738. The largest absolute Gasteiger partial charge is 0.466 e. The second-order valence-electron chi connectivity index (χ2n) is 7.44. The summed E-state index contributed by atoms with van der Waals surface area (Å²) in [4.78, 5) is 10.5. The Morgan fingerprint density at radius 1 is 1.14 bits per heavy atom. The van der Waals surface area contributed by atoms with Crippen LogP contribution in [-0.4, -0.2) is 24.3 Å². The highest BCUT2D eigenvalue weighted by Gasteiger charge is 2.42. The zero-order chi connectivity index (χ0) is 16.4. The van der Waals surface area contributed by atoms with Crippen molar-refractivity contribution in [2.45, 2.75) is 47.5 Å². The molecule has 0 radical (unpaired) electrons. The lowest BCUT2D eigenvalue weighted by atomic mass is 9.59. The first-order chi connectivity index (χ1) is 9.53. The number of allylic oxidation sites excluding steroid dienone is 2. The van der Waals surface area contributed by atoms with Gasteiger partial charge in [-0.15, -0.1) is 0 Å². The summed E-state index contributed by atoms with van der Waals surface area (Å²) < 4.78 is 4.95. The summed E-state index contributed by atoms with van der Waals surface area (Å²) in [6.07, 6.45) is 2.02. The number of carbonyl (C=O) groups excluding carboxylic acids is 1. The normalized spacial score (nSPS) is 28.7. The first-order valence-corrected chi connectivity index (χ1v) is 7.64. The molecule has 120 valence electrons. The molecule has 0 aromatic rings. The molecule has 3 nitrogen and oxygen atoms in total. The van der Waals surface area contributed by atoms with Crippen molar-refractivity contribution in [2.75, 3.05) is 13.2 Å². The van der Waals surface area contributed by atoms with Gasteiger partial charge in [-0.05, 0) is 29.6 Å². The average Bonchev–Trinajstić information content (AvgIpc) is 2.40. The number of esters is 1. The van der Waals surface area contributed by atoms with Crippen molar-refractivity contribution in [3.05, 3.63) is 24.3 Å². The molecule has 2 fully saturated rings. The fourth-order valence-corrected chi connectivity index (χ4v) is 2.72. The van der Waals surface area contributed by atoms with Gasteiger partial charge >= 0.3 is 5.97 Å². The van der Waals surface area contributed by atoms with Crippen LogP contribution in [0, 0.1) is 22.7 Å². The minimum absolute atomic E-state index is 0.162. The number of hydrogen-bond acceptors (Lipinski definition) is 3. The van der Waals surface area contributed by atoms with Crippen LogP contribution in [0.5, 0.6) is 0 Å². The zero-order valence-electron chi connectivity index (χ0n) is 14.2. The lowest BCUT2D eigenvalue weighted by Crippen LogP contribution is -2.40. The van der Waals surface area contributed by atoms with E-state index >= 15 is 0 Å². The number of aliphatic hydroxyl groups excluding tert-OH is 1. The summed E-state index contributed by atoms with van der Waals surface area (Å²) >= 11 is 0. The molecule has 0 saturated heterocycles. The number of rotatable bonds is 3. The Labute approximate surface area is 129 Å². The summed E-state index contributed by atoms with van der Waals surface area (Å²) in [6.45, 7) is 18.7. The third-order valence-electron chi connectivity index (χ3n) is 5.56. The molecule has 0 aromatic carbocycles. The van der Waals surface area contributed by atoms with Gasteiger partial charge in [-0.3, -0.25) is 4.79 Å². The lowest BCUT2D eigenvalue weighted by molar-refractivity contribution is -0.144. The van der Waals surface area contributed by atoms with Crippen LogP contribution in [-0.2, 0) is 9.53 Å². The molecule has 0 heterocycles. The predicted octanol–water partition coefficient (Wildman–Crippen LogP) is 3.73. The van der Waals surface area contributed by atoms with Crippen LogP contribution in [0.2, 0.25) is 0 Å². The van der Waals surface area contributed by atoms with E-state index in [1.807, 2.05) is 0 Å². The minimum atomic E-state index is -0.191. The molecule has 0 spiro atoms. The minimum Gasteiger partial charge on any atom is -0.466 e. The molecule has 2 atom stereocenters. The number of aliphatic hydroxyl groups is 1. The zero-order valence-corrected chi connectivity index (χ0v) is 14.2. The molecule has 1 N–H and O–H groups in total. The topological polar surface area (TPSA) is 46.5 Å². The number of hydrogen-bond donors (Lipinski definition) is 1. The van der Waals surface area contributed by atoms with Crippen molar-refractivity contribution in [1.82, 2.24) is 0 Å². The summed E-state index contributed by atoms with van der Waals surface area (Å²) in [6, 6.07) is 0. The maximum absolute atomic E-state index is 10.5. The Morgan fingerprint density at radius 2 is 1.57 bits per heavy atom. The molecule has 2 aliphatic rings. The molecule has 2 rings (SSSR count). The molecule has 0 bridgehead atoms. The highest BCUT2D eigenvalue weighted by Crippen LogP contribution is 2.50. The van der Waals surface area contributed by atoms with Gasteiger partial charge in [0.05, 0.1) is 6.61 Å². The van der Waals surface area contributed by atoms with Crippen LogP contribution in [0.15, 0.2) is 24.3 Å². The lowest BCUT2D eigenvalue weighted by Gasteiger charge is -2.46. The van der Waals surface area contributed by atoms with Crippen LogP contribution in [0.4, 0.5) is 0 Å². The third-order valence-corrected chi connectivity index (χ3v) is 5.56. The van der Waals surface area contributed by atoms with Gasteiger partial charge in [0.1, 0.15) is 0 Å². The summed E-state index contributed by atoms with van der Waals surface area (Å²) in [7, 11) is 0. The first-order valence-electron chi connectivity index (χ1n) is 7.64. The summed E-state index contributed by atoms with van der Waals surface area (Å²) in [5.41, 5.74) is 2.91. The molecule has 0 amide bonds. The van der Waals surface area contributed by atoms with Crippen LogP contribution in [0.25, 0.3) is 0 Å². The van der Waals surface area contributed by atoms with Gasteiger partial charge in [0, 0.05) is 19.4 Å². The molecular weight excluding hydrogens is 264 g/mol. The number of ether oxygens (including phenoxy) is 1. The standard InChI is InChI=1S/C10H16O2.C8H14O/c1-7-5-9(10(7,3)4)6-12-8(2)11;1-6-4-7(5-9)8(6,2)3/h9H,1,5-6H2,2-4H3;7,9H,1,4-5H2,2-3H3. The van der Waals surface area contributed by atoms with E-state index in [2.05, 4.69) is 40.9 Å². The van der Waals surface area contributed by atoms with Crippen molar-refractivity contribution < 1.29 is 14.6 Å². The van der Waals surface area contributed by atoms with Crippen LogP contribution < -0.4 is 0 Å². The fourth-order valence-electron chi connectivity index (χ4n) is 2.72. The van der Waals surface area contributed by atoms with E-state index in [1.165, 1.54) is 18.1 Å². The van der Waals surface area contributed by atoms with Gasteiger partial charge in [0.25, 0.3) is 0 Å². The SMILES string of the molecule is C=C1CC(CO)C1(C)C.C=C1CC(COC(C)=O)C1(C)C. The fraction of sp³-hybridized carbons (Fsp3) is 0.722. The van der Waals surface area contributed by atoms with Crippen molar-refractivity contribution in [1.29, 1.82) is 0 Å². The molecule has 0 aliphatic heterocycles. The van der Waals surface area contributed by atoms with E-state index in [9.17, 15) is 4.79 Å². The molecule has 21 heavy (non-hydrogen) atoms. The Balaban J connectivity index is 0.000000219. The van der Waals surface area contributed by atoms with E-state index in [1.54, 1.807) is 0 Å². The molecule has 0 aromatic heterocycles. The number of carbonyl (C=O) groups is 1. The van der Waals surface area contributed by atoms with E-state index < -0.39 is 0 Å². The van der Waals surface area contributed by atoms with E-state index in [0.717, 1.165) is 12.8 Å². The quantitative estimate of drug-likeness (QED) is 0.637. The molecule has 2 aliphatic carbocycles. The highest BCUT2D eigenvalue weighted by molar-refractivity contribution is 5.65. The van der Waals surface area contributed by atoms with Crippen molar-refractivity contribution in [2.24, 2.45) is 22.7 Å². The van der Waals surface area contributed by atoms with Crippen LogP contribution in [0.3, 0.4) is 0 Å². The van der Waals surface area contributed by atoms with Crippen LogP contribution in [0.1, 0.15) is 47.5 Å². The third kappa shape index (κ3) is 3.76. The molecule has 2 saturated carbocycles. The predicted molar refractivity (Wildman–Crippen MR) is 85.8 cm³/mol. The first kappa shape index (κ1) is 18.0. The van der Waals surface area contributed by atoms with Gasteiger partial charge < -0.3 is 9.84 Å². The van der Waals surface area contributed by atoms with E-state index in [4.69, 9.17) is 9.84 Å². The molecule has 3 heteroatoms. The van der Waals surface area contributed by atoms with Crippen molar-refractivity contribution in [3.8, 4) is 0 Å². The summed E-state index contributed by atoms with van der Waals surface area (Å²) in [5, 5.41) is 8.80. The molecular formula is C18H30O3. The second-order valence-corrected chi connectivity index (χ2v) is 7.44. The average molecular weight is 294 g/mol. The van der Waals surface area contributed by atoms with Crippen LogP contribution >= 0.6 is 0 Å². The van der Waals surface area contributed by atoms with Gasteiger partial charge in [0.2, 0.25) is 0 Å². The smallest absolute Gasteiger partial charge is 0.302 e. The van der Waals surface area contributed by atoms with Crippen molar-refractivity contribution >= 4 is 5.97 Å². The Kier molecular flexibility index (Phi) is 5.43. The highest BCUT2D eigenvalue weighted by atomic mass is 16.5. The molecule has 2 unspecified atom stereocenters. The monoisotopic (exact) mass is 294 g/mol. The maximum atomic E-state index is 10.5. The van der Waals surface area contributed by atoms with Gasteiger partial charge in [-0.2, -0.15) is 0 Å².